The van der Waals surface area contributed by atoms with Gasteiger partial charge in [-0.3, -0.25) is 4.99 Å². The summed E-state index contributed by atoms with van der Waals surface area (Å²) in [7, 11) is 2.23. The summed E-state index contributed by atoms with van der Waals surface area (Å²) in [6.45, 7) is 3.99. The fraction of sp³-hybridized carbons (Fsp3) is 0.571. The Morgan fingerprint density at radius 2 is 2.09 bits per heavy atom. The number of aliphatic imine (C=N–C) groups is 1. The predicted octanol–water partition coefficient (Wildman–Crippen LogP) is -0.987. The van der Waals surface area contributed by atoms with E-state index in [0.717, 1.165) is 44.4 Å². The quantitative estimate of drug-likeness (QED) is 0.315. The highest BCUT2D eigenvalue weighted by Gasteiger charge is 1.88. The summed E-state index contributed by atoms with van der Waals surface area (Å²) >= 11 is 0. The fourth-order valence-corrected chi connectivity index (χ4v) is 1.81. The first-order valence-electron chi connectivity index (χ1n) is 4.02. The second-order valence-corrected chi connectivity index (χ2v) is 3.51. The molecular weight excluding hydrogens is 170 g/mol. The molecule has 2 nitrogen and oxygen atoms in total. The highest BCUT2D eigenvalue weighted by Crippen LogP contribution is 1.94. The van der Waals surface area contributed by atoms with Gasteiger partial charge in [0.15, 0.2) is 0 Å². The number of rotatable bonds is 4. The van der Waals surface area contributed by atoms with Crippen LogP contribution in [0, 0.1) is 0 Å². The summed E-state index contributed by atoms with van der Waals surface area (Å²) in [6, 6.07) is 0. The molecule has 0 aliphatic heterocycles. The first-order chi connectivity index (χ1) is 5.20. The van der Waals surface area contributed by atoms with Crippen LogP contribution in [0.5, 0.6) is 0 Å². The van der Waals surface area contributed by atoms with Gasteiger partial charge in [-0.05, 0) is 19.9 Å². The lowest BCUT2D eigenvalue weighted by molar-refractivity contribution is 0.270. The van der Waals surface area contributed by atoms with Crippen molar-refractivity contribution in [1.82, 2.24) is 0 Å². The first-order valence-corrected chi connectivity index (χ1v) is 6.85. The lowest BCUT2D eigenvalue weighted by Gasteiger charge is -2.01. The van der Waals surface area contributed by atoms with Crippen molar-refractivity contribution in [3.8, 4) is 0 Å². The molecule has 0 unspecified atom stereocenters. The molecule has 0 aliphatic carbocycles. The average molecular weight is 187 g/mol. The summed E-state index contributed by atoms with van der Waals surface area (Å²) < 4.78 is 5.31. The van der Waals surface area contributed by atoms with Crippen molar-refractivity contribution < 1.29 is 4.74 Å². The number of allylic oxidation sites excluding steroid dienone is 2. The predicted molar refractivity (Wildman–Crippen MR) is 57.6 cm³/mol. The van der Waals surface area contributed by atoms with E-state index in [0.29, 0.717) is 0 Å². The Bertz CT molecular complexity index is 166. The molecule has 0 aromatic carbocycles. The molecule has 0 aromatic rings. The molecule has 0 aliphatic rings. The maximum absolute atomic E-state index is 5.31. The van der Waals surface area contributed by atoms with E-state index in [1.807, 2.05) is 19.9 Å². The maximum Gasteiger partial charge on any atom is 0.0941 e. The van der Waals surface area contributed by atoms with Gasteiger partial charge in [-0.15, -0.1) is 0 Å². The third-order valence-electron chi connectivity index (χ3n) is 1.19. The highest BCUT2D eigenvalue weighted by molar-refractivity contribution is 6.10. The Labute approximate surface area is 74.6 Å². The smallest absolute Gasteiger partial charge is 0.0941 e. The third kappa shape index (κ3) is 6.06. The van der Waals surface area contributed by atoms with Crippen molar-refractivity contribution >= 4 is 26.2 Å². The molecule has 0 radical (unpaired) electrons. The highest BCUT2D eigenvalue weighted by atomic mass is 28.1. The Kier molecular flexibility index (Phi) is 6.15. The number of ether oxygens (including phenoxy) is 1. The van der Waals surface area contributed by atoms with E-state index in [9.17, 15) is 0 Å². The number of hydrogen-bond donors (Lipinski definition) is 0. The molecule has 0 atom stereocenters. The molecule has 0 saturated heterocycles. The summed E-state index contributed by atoms with van der Waals surface area (Å²) in [4.78, 5) is 4.28. The molecule has 0 spiro atoms. The number of nitrogens with zero attached hydrogens (tertiary/aromatic N) is 1. The molecule has 11 heavy (non-hydrogen) atoms. The molecule has 4 heteroatoms. The van der Waals surface area contributed by atoms with Crippen LogP contribution in [0.2, 0.25) is 0 Å². The van der Waals surface area contributed by atoms with Gasteiger partial charge < -0.3 is 4.74 Å². The van der Waals surface area contributed by atoms with Crippen molar-refractivity contribution in [2.24, 2.45) is 4.99 Å². The molecule has 0 N–H and O–H groups in total. The summed E-state index contributed by atoms with van der Waals surface area (Å²) in [5, 5.41) is 0. The van der Waals surface area contributed by atoms with Crippen molar-refractivity contribution in [3.05, 3.63) is 11.8 Å². The number of hydrogen-bond acceptors (Lipinski definition) is 2. The Hall–Kier alpha value is -0.356. The third-order valence-corrected chi connectivity index (χ3v) is 1.80. The first kappa shape index (κ1) is 10.6. The van der Waals surface area contributed by atoms with Crippen LogP contribution in [0.4, 0.5) is 0 Å². The van der Waals surface area contributed by atoms with Crippen LogP contribution in [0.3, 0.4) is 0 Å². The second kappa shape index (κ2) is 6.36. The van der Waals surface area contributed by atoms with Gasteiger partial charge in [0.1, 0.15) is 0 Å². The lowest BCUT2D eigenvalue weighted by atomic mass is 10.3. The molecule has 0 heterocycles. The average Bonchev–Trinajstić information content (AvgIpc) is 1.87. The van der Waals surface area contributed by atoms with Gasteiger partial charge in [-0.25, -0.2) is 0 Å². The summed E-state index contributed by atoms with van der Waals surface area (Å²) in [6.07, 6.45) is 3.85. The molecule has 64 valence electrons. The molecule has 0 amide bonds. The van der Waals surface area contributed by atoms with Crippen LogP contribution in [-0.4, -0.2) is 38.6 Å². The van der Waals surface area contributed by atoms with Crippen molar-refractivity contribution in [3.63, 3.8) is 0 Å². The standard InChI is InChI=1S/C7H17NOSi2/c1-6(8-4-10)3-7(2)9-5-11/h3H,4-5H2,1-2,10-11H3/b7-3-,8-6?. The van der Waals surface area contributed by atoms with Crippen LogP contribution in [0.15, 0.2) is 16.8 Å². The van der Waals surface area contributed by atoms with E-state index in [1.165, 1.54) is 0 Å². The minimum atomic E-state index is 0.872. The monoisotopic (exact) mass is 187 g/mol. The Balaban J connectivity index is 3.96. The van der Waals surface area contributed by atoms with Crippen LogP contribution in [-0.2, 0) is 4.74 Å². The largest absolute Gasteiger partial charge is 0.503 e. The van der Waals surface area contributed by atoms with E-state index in [4.69, 9.17) is 4.74 Å². The molecule has 0 rings (SSSR count). The van der Waals surface area contributed by atoms with Gasteiger partial charge in [-0.1, -0.05) is 0 Å². The minimum Gasteiger partial charge on any atom is -0.503 e. The zero-order valence-corrected chi connectivity index (χ0v) is 11.8. The SMILES string of the molecule is CC(/C=C(/C)OC[SiH3])=NC[SiH3]. The van der Waals surface area contributed by atoms with Gasteiger partial charge in [0, 0.05) is 22.1 Å². The van der Waals surface area contributed by atoms with Crippen LogP contribution < -0.4 is 0 Å². The van der Waals surface area contributed by atoms with E-state index in [2.05, 4.69) is 4.99 Å². The van der Waals surface area contributed by atoms with Crippen molar-refractivity contribution in [2.75, 3.05) is 12.4 Å². The van der Waals surface area contributed by atoms with Crippen molar-refractivity contribution in [1.29, 1.82) is 0 Å². The van der Waals surface area contributed by atoms with E-state index >= 15 is 0 Å². The molecule has 0 bridgehead atoms. The van der Waals surface area contributed by atoms with E-state index < -0.39 is 0 Å². The molecular formula is C7H17NOSi2. The minimum absolute atomic E-state index is 0.872. The molecule has 0 fully saturated rings. The Morgan fingerprint density at radius 1 is 1.45 bits per heavy atom. The Morgan fingerprint density at radius 3 is 2.55 bits per heavy atom. The van der Waals surface area contributed by atoms with Gasteiger partial charge in [0.2, 0.25) is 0 Å². The van der Waals surface area contributed by atoms with Gasteiger partial charge in [0.05, 0.1) is 22.2 Å². The zero-order valence-electron chi connectivity index (χ0n) is 7.85. The normalized spacial score (nSPS) is 14.0. The fourth-order valence-electron chi connectivity index (χ4n) is 0.859. The summed E-state index contributed by atoms with van der Waals surface area (Å²) in [5.41, 5.74) is 1.08. The van der Waals surface area contributed by atoms with Gasteiger partial charge in [0.25, 0.3) is 0 Å². The van der Waals surface area contributed by atoms with Crippen LogP contribution in [0.25, 0.3) is 0 Å². The zero-order chi connectivity index (χ0) is 8.69. The second-order valence-electron chi connectivity index (χ2n) is 2.30. The molecule has 0 saturated carbocycles. The van der Waals surface area contributed by atoms with Crippen LogP contribution >= 0.6 is 0 Å². The van der Waals surface area contributed by atoms with E-state index in [1.54, 1.807) is 0 Å². The van der Waals surface area contributed by atoms with Gasteiger partial charge in [-0.2, -0.15) is 0 Å². The van der Waals surface area contributed by atoms with Crippen molar-refractivity contribution in [2.45, 2.75) is 13.8 Å². The van der Waals surface area contributed by atoms with Gasteiger partial charge >= 0.3 is 0 Å². The molecule has 0 aromatic heterocycles. The van der Waals surface area contributed by atoms with Crippen LogP contribution in [0.1, 0.15) is 13.8 Å². The maximum atomic E-state index is 5.31. The lowest BCUT2D eigenvalue weighted by Crippen LogP contribution is -1.95. The topological polar surface area (TPSA) is 21.6 Å². The van der Waals surface area contributed by atoms with E-state index in [-0.39, 0.29) is 0 Å². The summed E-state index contributed by atoms with van der Waals surface area (Å²) in [5.74, 6) is 0.983.